The van der Waals surface area contributed by atoms with Crippen LogP contribution < -0.4 is 5.32 Å². The van der Waals surface area contributed by atoms with Gasteiger partial charge in [0.2, 0.25) is 0 Å². The van der Waals surface area contributed by atoms with E-state index in [1.807, 2.05) is 7.11 Å². The fourth-order valence-electron chi connectivity index (χ4n) is 2.96. The van der Waals surface area contributed by atoms with Gasteiger partial charge in [-0.05, 0) is 44.6 Å². The zero-order valence-electron chi connectivity index (χ0n) is 11.5. The summed E-state index contributed by atoms with van der Waals surface area (Å²) in [5, 5.41) is 3.74. The number of hydrogen-bond donors (Lipinski definition) is 1. The molecule has 2 heteroatoms. The van der Waals surface area contributed by atoms with Gasteiger partial charge in [0.1, 0.15) is 0 Å². The van der Waals surface area contributed by atoms with Crippen LogP contribution in [-0.2, 0) is 4.74 Å². The summed E-state index contributed by atoms with van der Waals surface area (Å²) in [7, 11) is 1.88. The second kappa shape index (κ2) is 6.61. The van der Waals surface area contributed by atoms with E-state index in [1.54, 1.807) is 0 Å². The van der Waals surface area contributed by atoms with Gasteiger partial charge in [0.25, 0.3) is 0 Å². The van der Waals surface area contributed by atoms with Crippen molar-refractivity contribution in [3.63, 3.8) is 0 Å². The van der Waals surface area contributed by atoms with Gasteiger partial charge in [0.05, 0.1) is 5.60 Å². The number of rotatable bonds is 8. The highest BCUT2D eigenvalue weighted by atomic mass is 16.5. The van der Waals surface area contributed by atoms with E-state index >= 15 is 0 Å². The SMILES string of the molecule is CCCNC(C1CCC1)C(CC)(CC)OC. The fourth-order valence-corrected chi connectivity index (χ4v) is 2.96. The van der Waals surface area contributed by atoms with E-state index in [0.717, 1.165) is 25.3 Å². The molecule has 1 fully saturated rings. The number of methoxy groups -OCH3 is 1. The summed E-state index contributed by atoms with van der Waals surface area (Å²) in [6, 6.07) is 0.557. The minimum atomic E-state index is 0.0558. The molecule has 0 amide bonds. The van der Waals surface area contributed by atoms with Gasteiger partial charge in [-0.1, -0.05) is 27.2 Å². The third-order valence-corrected chi connectivity index (χ3v) is 4.41. The average molecular weight is 227 g/mol. The van der Waals surface area contributed by atoms with Gasteiger partial charge in [0.15, 0.2) is 0 Å². The maximum absolute atomic E-state index is 5.89. The first-order valence-electron chi connectivity index (χ1n) is 7.02. The molecule has 16 heavy (non-hydrogen) atoms. The summed E-state index contributed by atoms with van der Waals surface area (Å²) < 4.78 is 5.89. The molecule has 0 aromatic carbocycles. The van der Waals surface area contributed by atoms with Gasteiger partial charge in [-0.2, -0.15) is 0 Å². The predicted octanol–water partition coefficient (Wildman–Crippen LogP) is 3.36. The van der Waals surface area contributed by atoms with Crippen LogP contribution in [0.2, 0.25) is 0 Å². The molecule has 0 bridgehead atoms. The first-order chi connectivity index (χ1) is 7.74. The summed E-state index contributed by atoms with van der Waals surface area (Å²) in [5.74, 6) is 0.839. The Morgan fingerprint density at radius 2 is 1.88 bits per heavy atom. The van der Waals surface area contributed by atoms with Crippen molar-refractivity contribution in [2.24, 2.45) is 5.92 Å². The quantitative estimate of drug-likeness (QED) is 0.686. The zero-order chi connectivity index (χ0) is 12.0. The van der Waals surface area contributed by atoms with E-state index in [0.29, 0.717) is 6.04 Å². The van der Waals surface area contributed by atoms with Crippen LogP contribution in [0.5, 0.6) is 0 Å². The maximum atomic E-state index is 5.89. The molecule has 1 aliphatic rings. The molecule has 1 atom stereocenters. The summed E-state index contributed by atoms with van der Waals surface area (Å²) in [5.41, 5.74) is 0.0558. The standard InChI is InChI=1S/C14H29NO/c1-5-11-15-13(12-9-8-10-12)14(6-2,7-3)16-4/h12-13,15H,5-11H2,1-4H3. The molecule has 0 heterocycles. The second-order valence-electron chi connectivity index (χ2n) is 5.10. The Kier molecular flexibility index (Phi) is 5.77. The molecule has 1 N–H and O–H groups in total. The van der Waals surface area contributed by atoms with Crippen LogP contribution in [0.25, 0.3) is 0 Å². The van der Waals surface area contributed by atoms with Crippen molar-refractivity contribution >= 4 is 0 Å². The topological polar surface area (TPSA) is 21.3 Å². The van der Waals surface area contributed by atoms with E-state index < -0.39 is 0 Å². The molecule has 0 aromatic rings. The van der Waals surface area contributed by atoms with Crippen LogP contribution in [0.1, 0.15) is 59.3 Å². The van der Waals surface area contributed by atoms with Crippen molar-refractivity contribution in [1.29, 1.82) is 0 Å². The van der Waals surface area contributed by atoms with Gasteiger partial charge < -0.3 is 10.1 Å². The Bertz CT molecular complexity index is 177. The lowest BCUT2D eigenvalue weighted by molar-refractivity contribution is -0.0726. The highest BCUT2D eigenvalue weighted by Crippen LogP contribution is 2.38. The maximum Gasteiger partial charge on any atom is 0.0828 e. The normalized spacial score (nSPS) is 19.5. The van der Waals surface area contributed by atoms with Crippen LogP contribution in [0.3, 0.4) is 0 Å². The van der Waals surface area contributed by atoms with Crippen LogP contribution in [0, 0.1) is 5.92 Å². The van der Waals surface area contributed by atoms with Crippen LogP contribution in [0.15, 0.2) is 0 Å². The lowest BCUT2D eigenvalue weighted by Gasteiger charge is -2.46. The summed E-state index contributed by atoms with van der Waals surface area (Å²) in [6.07, 6.45) is 7.59. The van der Waals surface area contributed by atoms with Crippen molar-refractivity contribution in [3.8, 4) is 0 Å². The lowest BCUT2D eigenvalue weighted by atomic mass is 9.71. The molecule has 1 rings (SSSR count). The Morgan fingerprint density at radius 1 is 1.25 bits per heavy atom. The van der Waals surface area contributed by atoms with Crippen molar-refractivity contribution < 1.29 is 4.74 Å². The van der Waals surface area contributed by atoms with Gasteiger partial charge in [-0.25, -0.2) is 0 Å². The molecule has 0 radical (unpaired) electrons. The molecular weight excluding hydrogens is 198 g/mol. The predicted molar refractivity (Wildman–Crippen MR) is 69.7 cm³/mol. The summed E-state index contributed by atoms with van der Waals surface area (Å²) in [6.45, 7) is 7.86. The van der Waals surface area contributed by atoms with Gasteiger partial charge >= 0.3 is 0 Å². The molecule has 96 valence electrons. The zero-order valence-corrected chi connectivity index (χ0v) is 11.5. The Balaban J connectivity index is 2.70. The highest BCUT2D eigenvalue weighted by molar-refractivity contribution is 4.97. The smallest absolute Gasteiger partial charge is 0.0828 e. The number of nitrogens with one attached hydrogen (secondary N) is 1. The number of hydrogen-bond acceptors (Lipinski definition) is 2. The second-order valence-corrected chi connectivity index (χ2v) is 5.10. The Labute approximate surface area is 101 Å². The van der Waals surface area contributed by atoms with E-state index in [1.165, 1.54) is 25.7 Å². The molecule has 0 aromatic heterocycles. The third-order valence-electron chi connectivity index (χ3n) is 4.41. The molecule has 1 saturated carbocycles. The monoisotopic (exact) mass is 227 g/mol. The fraction of sp³-hybridized carbons (Fsp3) is 1.00. The molecule has 0 aliphatic heterocycles. The van der Waals surface area contributed by atoms with Crippen molar-refractivity contribution in [2.45, 2.75) is 70.9 Å². The molecular formula is C14H29NO. The average Bonchev–Trinajstić information content (AvgIpc) is 2.26. The van der Waals surface area contributed by atoms with Crippen molar-refractivity contribution in [1.82, 2.24) is 5.32 Å². The van der Waals surface area contributed by atoms with Crippen LogP contribution >= 0.6 is 0 Å². The first-order valence-corrected chi connectivity index (χ1v) is 7.02. The molecule has 0 saturated heterocycles. The minimum Gasteiger partial charge on any atom is -0.377 e. The number of ether oxygens (including phenoxy) is 1. The van der Waals surface area contributed by atoms with Crippen LogP contribution in [-0.4, -0.2) is 25.3 Å². The van der Waals surface area contributed by atoms with Gasteiger partial charge in [-0.15, -0.1) is 0 Å². The van der Waals surface area contributed by atoms with E-state index in [-0.39, 0.29) is 5.60 Å². The van der Waals surface area contributed by atoms with E-state index in [9.17, 15) is 0 Å². The largest absolute Gasteiger partial charge is 0.377 e. The van der Waals surface area contributed by atoms with E-state index in [4.69, 9.17) is 4.74 Å². The van der Waals surface area contributed by atoms with Gasteiger partial charge in [0, 0.05) is 13.2 Å². The molecule has 1 aliphatic carbocycles. The first kappa shape index (κ1) is 14.0. The third kappa shape index (κ3) is 2.78. The lowest BCUT2D eigenvalue weighted by Crippen LogP contribution is -2.57. The van der Waals surface area contributed by atoms with Crippen molar-refractivity contribution in [3.05, 3.63) is 0 Å². The minimum absolute atomic E-state index is 0.0558. The molecule has 2 nitrogen and oxygen atoms in total. The van der Waals surface area contributed by atoms with Gasteiger partial charge in [-0.3, -0.25) is 0 Å². The highest BCUT2D eigenvalue weighted by Gasteiger charge is 2.42. The van der Waals surface area contributed by atoms with Crippen molar-refractivity contribution in [2.75, 3.05) is 13.7 Å². The van der Waals surface area contributed by atoms with E-state index in [2.05, 4.69) is 26.1 Å². The Morgan fingerprint density at radius 3 is 2.19 bits per heavy atom. The summed E-state index contributed by atoms with van der Waals surface area (Å²) >= 11 is 0. The molecule has 1 unspecified atom stereocenters. The Hall–Kier alpha value is -0.0800. The molecule has 0 spiro atoms. The summed E-state index contributed by atoms with van der Waals surface area (Å²) in [4.78, 5) is 0. The van der Waals surface area contributed by atoms with Crippen LogP contribution in [0.4, 0.5) is 0 Å².